The third-order valence-corrected chi connectivity index (χ3v) is 5.39. The van der Waals surface area contributed by atoms with Crippen molar-refractivity contribution in [2.24, 2.45) is 0 Å². The van der Waals surface area contributed by atoms with Crippen LogP contribution in [0.4, 0.5) is 5.82 Å². The van der Waals surface area contributed by atoms with Crippen LogP contribution in [0.15, 0.2) is 71.3 Å². The van der Waals surface area contributed by atoms with E-state index in [0.29, 0.717) is 22.3 Å². The SMILES string of the molecule is O=C1c2cccc3c(Br)ccc(c23)C(=O)N1c1cc2ccccc2cn1. The van der Waals surface area contributed by atoms with Crippen LogP contribution < -0.4 is 4.90 Å². The molecule has 1 aliphatic rings. The van der Waals surface area contributed by atoms with Crippen molar-refractivity contribution < 1.29 is 9.59 Å². The van der Waals surface area contributed by atoms with Crippen molar-refractivity contribution in [2.45, 2.75) is 0 Å². The molecule has 0 fully saturated rings. The summed E-state index contributed by atoms with van der Waals surface area (Å²) in [5, 5.41) is 3.43. The van der Waals surface area contributed by atoms with Crippen molar-refractivity contribution in [1.82, 2.24) is 4.98 Å². The standard InChI is InChI=1S/C21H11BrN2O2/c22-17-9-8-16-19-14(17)6-3-7-15(19)20(25)24(21(16)26)18-10-12-4-1-2-5-13(12)11-23-18/h1-11H. The van der Waals surface area contributed by atoms with Crippen LogP contribution in [-0.4, -0.2) is 16.8 Å². The minimum absolute atomic E-state index is 0.337. The van der Waals surface area contributed by atoms with E-state index in [9.17, 15) is 9.59 Å². The maximum atomic E-state index is 13.1. The Morgan fingerprint density at radius 2 is 1.54 bits per heavy atom. The summed E-state index contributed by atoms with van der Waals surface area (Å²) in [6, 6.07) is 18.6. The van der Waals surface area contributed by atoms with Gasteiger partial charge < -0.3 is 0 Å². The number of aromatic nitrogens is 1. The number of nitrogens with zero attached hydrogens (tertiary/aromatic N) is 2. The van der Waals surface area contributed by atoms with Gasteiger partial charge in [-0.25, -0.2) is 9.88 Å². The topological polar surface area (TPSA) is 50.3 Å². The largest absolute Gasteiger partial charge is 0.268 e. The zero-order valence-corrected chi connectivity index (χ0v) is 15.0. The fraction of sp³-hybridized carbons (Fsp3) is 0. The summed E-state index contributed by atoms with van der Waals surface area (Å²) in [4.78, 5) is 31.7. The van der Waals surface area contributed by atoms with Gasteiger partial charge in [0, 0.05) is 32.6 Å². The normalized spacial score (nSPS) is 13.7. The molecule has 0 spiro atoms. The Morgan fingerprint density at radius 1 is 0.808 bits per heavy atom. The highest BCUT2D eigenvalue weighted by molar-refractivity contribution is 9.10. The molecule has 0 saturated heterocycles. The second-order valence-corrected chi connectivity index (χ2v) is 7.01. The predicted molar refractivity (Wildman–Crippen MR) is 105 cm³/mol. The van der Waals surface area contributed by atoms with Gasteiger partial charge in [0.2, 0.25) is 0 Å². The van der Waals surface area contributed by atoms with Gasteiger partial charge in [-0.1, -0.05) is 52.3 Å². The van der Waals surface area contributed by atoms with Gasteiger partial charge in [0.05, 0.1) is 0 Å². The number of fused-ring (bicyclic) bond motifs is 1. The molecule has 0 aliphatic carbocycles. The Hall–Kier alpha value is -3.05. The molecule has 0 saturated carbocycles. The molecule has 124 valence electrons. The van der Waals surface area contributed by atoms with E-state index >= 15 is 0 Å². The number of halogens is 1. The molecule has 1 aromatic heterocycles. The van der Waals surface area contributed by atoms with Gasteiger partial charge in [-0.2, -0.15) is 0 Å². The van der Waals surface area contributed by atoms with Crippen molar-refractivity contribution in [2.75, 3.05) is 4.90 Å². The van der Waals surface area contributed by atoms with Crippen LogP contribution in [0.1, 0.15) is 20.7 Å². The lowest BCUT2D eigenvalue weighted by Crippen LogP contribution is -2.41. The van der Waals surface area contributed by atoms with Gasteiger partial charge in [0.25, 0.3) is 11.8 Å². The summed E-state index contributed by atoms with van der Waals surface area (Å²) in [5.41, 5.74) is 1.02. The average Bonchev–Trinajstić information content (AvgIpc) is 2.67. The first-order valence-corrected chi connectivity index (χ1v) is 8.89. The number of hydrogen-bond acceptors (Lipinski definition) is 3. The minimum atomic E-state index is -0.353. The molecular weight excluding hydrogens is 392 g/mol. The van der Waals surface area contributed by atoms with Crippen LogP contribution in [-0.2, 0) is 0 Å². The van der Waals surface area contributed by atoms with Gasteiger partial charge in [0.1, 0.15) is 5.82 Å². The number of amides is 2. The van der Waals surface area contributed by atoms with E-state index in [-0.39, 0.29) is 11.8 Å². The molecule has 2 amide bonds. The van der Waals surface area contributed by atoms with Crippen molar-refractivity contribution in [3.8, 4) is 0 Å². The molecule has 0 bridgehead atoms. The summed E-state index contributed by atoms with van der Waals surface area (Å²) in [6.07, 6.45) is 1.68. The first-order valence-electron chi connectivity index (χ1n) is 8.10. The lowest BCUT2D eigenvalue weighted by molar-refractivity contribution is 0.0892. The Balaban J connectivity index is 1.75. The van der Waals surface area contributed by atoms with Crippen LogP contribution in [0.25, 0.3) is 21.5 Å². The average molecular weight is 403 g/mol. The zero-order valence-electron chi connectivity index (χ0n) is 13.4. The van der Waals surface area contributed by atoms with Crippen LogP contribution in [0.2, 0.25) is 0 Å². The minimum Gasteiger partial charge on any atom is -0.268 e. The summed E-state index contributed by atoms with van der Waals surface area (Å²) >= 11 is 3.50. The number of rotatable bonds is 1. The van der Waals surface area contributed by atoms with Crippen molar-refractivity contribution in [3.05, 3.63) is 82.5 Å². The van der Waals surface area contributed by atoms with E-state index in [1.165, 1.54) is 0 Å². The Morgan fingerprint density at radius 3 is 2.35 bits per heavy atom. The van der Waals surface area contributed by atoms with E-state index in [4.69, 9.17) is 0 Å². The number of pyridine rings is 1. The molecule has 0 unspecified atom stereocenters. The third-order valence-electron chi connectivity index (χ3n) is 4.70. The number of hydrogen-bond donors (Lipinski definition) is 0. The molecule has 3 aromatic carbocycles. The van der Waals surface area contributed by atoms with Crippen LogP contribution in [0.5, 0.6) is 0 Å². The number of carbonyl (C=O) groups excluding carboxylic acids is 2. The molecule has 1 aliphatic heterocycles. The van der Waals surface area contributed by atoms with E-state index in [1.807, 2.05) is 42.5 Å². The maximum absolute atomic E-state index is 13.1. The second kappa shape index (κ2) is 5.47. The highest BCUT2D eigenvalue weighted by Crippen LogP contribution is 2.36. The van der Waals surface area contributed by atoms with E-state index < -0.39 is 0 Å². The molecule has 4 nitrogen and oxygen atoms in total. The molecule has 26 heavy (non-hydrogen) atoms. The third kappa shape index (κ3) is 2.04. The Labute approximate surface area is 157 Å². The highest BCUT2D eigenvalue weighted by atomic mass is 79.9. The predicted octanol–water partition coefficient (Wildman–Crippen LogP) is 4.95. The zero-order chi connectivity index (χ0) is 17.8. The fourth-order valence-corrected chi connectivity index (χ4v) is 3.93. The summed E-state index contributed by atoms with van der Waals surface area (Å²) in [5.74, 6) is -0.368. The Kier molecular flexibility index (Phi) is 3.21. The van der Waals surface area contributed by atoms with Gasteiger partial charge in [0.15, 0.2) is 0 Å². The molecule has 5 heteroatoms. The molecule has 0 atom stereocenters. The summed E-state index contributed by atoms with van der Waals surface area (Å²) in [7, 11) is 0. The summed E-state index contributed by atoms with van der Waals surface area (Å²) < 4.78 is 0.857. The number of carbonyl (C=O) groups is 2. The van der Waals surface area contributed by atoms with E-state index in [0.717, 1.165) is 25.5 Å². The van der Waals surface area contributed by atoms with Crippen LogP contribution in [0.3, 0.4) is 0 Å². The quantitative estimate of drug-likeness (QED) is 0.423. The van der Waals surface area contributed by atoms with Crippen molar-refractivity contribution in [1.29, 1.82) is 0 Å². The molecule has 0 N–H and O–H groups in total. The Bertz CT molecular complexity index is 1230. The maximum Gasteiger partial charge on any atom is 0.267 e. The number of anilines is 1. The molecule has 5 rings (SSSR count). The summed E-state index contributed by atoms with van der Waals surface area (Å²) in [6.45, 7) is 0. The van der Waals surface area contributed by atoms with E-state index in [2.05, 4.69) is 20.9 Å². The fourth-order valence-electron chi connectivity index (χ4n) is 3.46. The number of imide groups is 1. The number of benzene rings is 3. The highest BCUT2D eigenvalue weighted by Gasteiger charge is 2.35. The van der Waals surface area contributed by atoms with Crippen molar-refractivity contribution >= 4 is 55.1 Å². The van der Waals surface area contributed by atoms with Gasteiger partial charge in [-0.05, 0) is 35.0 Å². The lowest BCUT2D eigenvalue weighted by atomic mass is 9.94. The van der Waals surface area contributed by atoms with Crippen molar-refractivity contribution in [3.63, 3.8) is 0 Å². The first kappa shape index (κ1) is 15.2. The van der Waals surface area contributed by atoms with Gasteiger partial charge in [-0.3, -0.25) is 9.59 Å². The second-order valence-electron chi connectivity index (χ2n) is 6.16. The van der Waals surface area contributed by atoms with Gasteiger partial charge >= 0.3 is 0 Å². The van der Waals surface area contributed by atoms with Gasteiger partial charge in [-0.15, -0.1) is 0 Å². The molecular formula is C21H11BrN2O2. The lowest BCUT2D eigenvalue weighted by Gasteiger charge is -2.26. The molecule has 2 heterocycles. The molecule has 0 radical (unpaired) electrons. The smallest absolute Gasteiger partial charge is 0.267 e. The molecule has 4 aromatic rings. The first-order chi connectivity index (χ1) is 12.6. The van der Waals surface area contributed by atoms with E-state index in [1.54, 1.807) is 24.4 Å². The monoisotopic (exact) mass is 402 g/mol. The van der Waals surface area contributed by atoms with Crippen LogP contribution >= 0.6 is 15.9 Å². The van der Waals surface area contributed by atoms with Crippen LogP contribution in [0, 0.1) is 0 Å².